The van der Waals surface area contributed by atoms with Crippen LogP contribution in [-0.4, -0.2) is 36.2 Å². The summed E-state index contributed by atoms with van der Waals surface area (Å²) in [6.07, 6.45) is 4.32. The highest BCUT2D eigenvalue weighted by molar-refractivity contribution is 5.85. The predicted molar refractivity (Wildman–Crippen MR) is 69.6 cm³/mol. The molecule has 1 aliphatic carbocycles. The van der Waals surface area contributed by atoms with Gasteiger partial charge in [0.15, 0.2) is 0 Å². The van der Waals surface area contributed by atoms with Crippen molar-refractivity contribution in [3.63, 3.8) is 0 Å². The second-order valence-corrected chi connectivity index (χ2v) is 5.59. The first-order valence-electron chi connectivity index (χ1n) is 7.25. The molecule has 1 amide bonds. The first-order valence-corrected chi connectivity index (χ1v) is 7.25. The summed E-state index contributed by atoms with van der Waals surface area (Å²) in [4.78, 5) is 23.2. The van der Waals surface area contributed by atoms with Crippen LogP contribution in [0.15, 0.2) is 0 Å². The van der Waals surface area contributed by atoms with Crippen LogP contribution >= 0.6 is 0 Å². The minimum Gasteiger partial charge on any atom is -0.481 e. The maximum absolute atomic E-state index is 12.1. The fourth-order valence-electron chi connectivity index (χ4n) is 3.31. The van der Waals surface area contributed by atoms with E-state index >= 15 is 0 Å². The van der Waals surface area contributed by atoms with Crippen molar-refractivity contribution in [1.29, 1.82) is 0 Å². The summed E-state index contributed by atoms with van der Waals surface area (Å²) < 4.78 is 5.59. The topological polar surface area (TPSA) is 75.6 Å². The van der Waals surface area contributed by atoms with Crippen LogP contribution < -0.4 is 5.32 Å². The molecule has 0 radical (unpaired) electrons. The highest BCUT2D eigenvalue weighted by Gasteiger charge is 2.38. The molecule has 0 bridgehead atoms. The highest BCUT2D eigenvalue weighted by Crippen LogP contribution is 2.32. The lowest BCUT2D eigenvalue weighted by Crippen LogP contribution is -2.39. The van der Waals surface area contributed by atoms with E-state index in [9.17, 15) is 9.59 Å². The van der Waals surface area contributed by atoms with Crippen LogP contribution in [0.3, 0.4) is 0 Å². The number of ether oxygens (including phenoxy) is 1. The van der Waals surface area contributed by atoms with Crippen LogP contribution in [0.2, 0.25) is 0 Å². The third-order valence-electron chi connectivity index (χ3n) is 4.46. The Labute approximate surface area is 113 Å². The van der Waals surface area contributed by atoms with Gasteiger partial charge >= 0.3 is 5.97 Å². The highest BCUT2D eigenvalue weighted by atomic mass is 16.5. The Bertz CT molecular complexity index is 344. The third kappa shape index (κ3) is 3.26. The summed E-state index contributed by atoms with van der Waals surface area (Å²) in [7, 11) is 0. The van der Waals surface area contributed by atoms with Crippen molar-refractivity contribution < 1.29 is 19.4 Å². The fourth-order valence-corrected chi connectivity index (χ4v) is 3.31. The lowest BCUT2D eigenvalue weighted by molar-refractivity contribution is -0.146. The van der Waals surface area contributed by atoms with E-state index < -0.39 is 11.9 Å². The van der Waals surface area contributed by atoms with Gasteiger partial charge in [-0.25, -0.2) is 0 Å². The van der Waals surface area contributed by atoms with Crippen LogP contribution in [-0.2, 0) is 14.3 Å². The zero-order valence-corrected chi connectivity index (χ0v) is 11.4. The Balaban J connectivity index is 1.82. The normalized spacial score (nSPS) is 34.4. The lowest BCUT2D eigenvalue weighted by Gasteiger charge is -2.20. The summed E-state index contributed by atoms with van der Waals surface area (Å²) in [5.41, 5.74) is 0. The van der Waals surface area contributed by atoms with Crippen LogP contribution in [0.4, 0.5) is 0 Å². The molecule has 1 heterocycles. The Hall–Kier alpha value is -1.10. The van der Waals surface area contributed by atoms with Gasteiger partial charge in [-0.1, -0.05) is 13.3 Å². The first-order chi connectivity index (χ1) is 9.13. The SMILES string of the molecule is CCC1OCCC1CNC(=O)C1CCCC1C(=O)O. The molecule has 5 nitrogen and oxygen atoms in total. The molecule has 4 atom stereocenters. The molecular formula is C14H23NO4. The molecule has 2 fully saturated rings. The number of carboxylic acid groups (broad SMARTS) is 1. The molecule has 4 unspecified atom stereocenters. The van der Waals surface area contributed by atoms with Crippen molar-refractivity contribution >= 4 is 11.9 Å². The molecule has 0 spiro atoms. The monoisotopic (exact) mass is 269 g/mol. The zero-order valence-electron chi connectivity index (χ0n) is 11.4. The van der Waals surface area contributed by atoms with Crippen LogP contribution in [0.1, 0.15) is 39.0 Å². The zero-order chi connectivity index (χ0) is 13.8. The number of rotatable bonds is 5. The van der Waals surface area contributed by atoms with E-state index in [4.69, 9.17) is 9.84 Å². The number of carbonyl (C=O) groups excluding carboxylic acids is 1. The number of amides is 1. The van der Waals surface area contributed by atoms with Crippen molar-refractivity contribution in [2.45, 2.75) is 45.1 Å². The second kappa shape index (κ2) is 6.37. The van der Waals surface area contributed by atoms with Gasteiger partial charge in [-0.05, 0) is 25.7 Å². The minimum atomic E-state index is -0.840. The van der Waals surface area contributed by atoms with Gasteiger partial charge in [-0.15, -0.1) is 0 Å². The number of aliphatic carboxylic acids is 1. The minimum absolute atomic E-state index is 0.0911. The van der Waals surface area contributed by atoms with Gasteiger partial charge in [-0.2, -0.15) is 0 Å². The molecule has 1 saturated carbocycles. The van der Waals surface area contributed by atoms with Gasteiger partial charge in [0, 0.05) is 19.1 Å². The largest absolute Gasteiger partial charge is 0.481 e. The standard InChI is InChI=1S/C14H23NO4/c1-2-12-9(6-7-19-12)8-15-13(16)10-4-3-5-11(10)14(17)18/h9-12H,2-8H2,1H3,(H,15,16)(H,17,18). The number of nitrogens with one attached hydrogen (secondary N) is 1. The quantitative estimate of drug-likeness (QED) is 0.791. The Morgan fingerprint density at radius 3 is 2.68 bits per heavy atom. The van der Waals surface area contributed by atoms with E-state index in [0.717, 1.165) is 25.9 Å². The van der Waals surface area contributed by atoms with Gasteiger partial charge in [0.2, 0.25) is 5.91 Å². The smallest absolute Gasteiger partial charge is 0.307 e. The molecular weight excluding hydrogens is 246 g/mol. The number of carboxylic acids is 1. The van der Waals surface area contributed by atoms with Gasteiger partial charge in [-0.3, -0.25) is 9.59 Å². The Morgan fingerprint density at radius 2 is 2.00 bits per heavy atom. The van der Waals surface area contributed by atoms with E-state index in [-0.39, 0.29) is 17.9 Å². The Morgan fingerprint density at radius 1 is 1.26 bits per heavy atom. The van der Waals surface area contributed by atoms with Crippen molar-refractivity contribution in [2.24, 2.45) is 17.8 Å². The van der Waals surface area contributed by atoms with Gasteiger partial charge in [0.1, 0.15) is 0 Å². The van der Waals surface area contributed by atoms with E-state index in [1.165, 1.54) is 0 Å². The molecule has 2 N–H and O–H groups in total. The molecule has 2 aliphatic rings. The summed E-state index contributed by atoms with van der Waals surface area (Å²) in [5.74, 6) is -1.40. The molecule has 108 valence electrons. The van der Waals surface area contributed by atoms with Gasteiger partial charge in [0.25, 0.3) is 0 Å². The van der Waals surface area contributed by atoms with Crippen molar-refractivity contribution in [3.8, 4) is 0 Å². The average Bonchev–Trinajstić information content (AvgIpc) is 3.04. The molecule has 5 heteroatoms. The predicted octanol–water partition coefficient (Wildman–Crippen LogP) is 1.42. The lowest BCUT2D eigenvalue weighted by atomic mass is 9.94. The maximum Gasteiger partial charge on any atom is 0.307 e. The third-order valence-corrected chi connectivity index (χ3v) is 4.46. The maximum atomic E-state index is 12.1. The molecule has 0 aromatic carbocycles. The van der Waals surface area contributed by atoms with Gasteiger partial charge < -0.3 is 15.2 Å². The summed E-state index contributed by atoms with van der Waals surface area (Å²) in [6, 6.07) is 0. The molecule has 1 saturated heterocycles. The van der Waals surface area contributed by atoms with E-state index in [1.807, 2.05) is 0 Å². The van der Waals surface area contributed by atoms with Crippen molar-refractivity contribution in [3.05, 3.63) is 0 Å². The fraction of sp³-hybridized carbons (Fsp3) is 0.857. The number of carbonyl (C=O) groups is 2. The Kier molecular flexibility index (Phi) is 4.80. The van der Waals surface area contributed by atoms with Crippen molar-refractivity contribution in [1.82, 2.24) is 5.32 Å². The summed E-state index contributed by atoms with van der Waals surface area (Å²) in [5, 5.41) is 12.0. The van der Waals surface area contributed by atoms with Crippen LogP contribution in [0.5, 0.6) is 0 Å². The van der Waals surface area contributed by atoms with Crippen LogP contribution in [0, 0.1) is 17.8 Å². The van der Waals surface area contributed by atoms with E-state index in [2.05, 4.69) is 12.2 Å². The van der Waals surface area contributed by atoms with Crippen LogP contribution in [0.25, 0.3) is 0 Å². The second-order valence-electron chi connectivity index (χ2n) is 5.59. The average molecular weight is 269 g/mol. The van der Waals surface area contributed by atoms with E-state index in [1.54, 1.807) is 0 Å². The molecule has 0 aromatic rings. The molecule has 19 heavy (non-hydrogen) atoms. The van der Waals surface area contributed by atoms with Gasteiger partial charge in [0.05, 0.1) is 17.9 Å². The molecule has 2 rings (SSSR count). The van der Waals surface area contributed by atoms with Crippen molar-refractivity contribution in [2.75, 3.05) is 13.2 Å². The van der Waals surface area contributed by atoms with E-state index in [0.29, 0.717) is 25.3 Å². The molecule has 1 aliphatic heterocycles. The summed E-state index contributed by atoms with van der Waals surface area (Å²) >= 11 is 0. The first kappa shape index (κ1) is 14.3. The number of hydrogen-bond acceptors (Lipinski definition) is 3. The molecule has 0 aromatic heterocycles. The summed E-state index contributed by atoms with van der Waals surface area (Å²) in [6.45, 7) is 3.46. The number of hydrogen-bond donors (Lipinski definition) is 2.